The normalized spacial score (nSPS) is 21.7. The van der Waals surface area contributed by atoms with Crippen molar-refractivity contribution in [1.82, 2.24) is 15.1 Å². The predicted molar refractivity (Wildman–Crippen MR) is 109 cm³/mol. The summed E-state index contributed by atoms with van der Waals surface area (Å²) in [7, 11) is 0. The first kappa shape index (κ1) is 19.9. The van der Waals surface area contributed by atoms with Crippen LogP contribution in [0.1, 0.15) is 12.5 Å². The van der Waals surface area contributed by atoms with Crippen LogP contribution in [-0.4, -0.2) is 60.4 Å². The SMILES string of the molecule is CC1(c2ccccc2)NC(=O)N(CC(=O)N2CCN(c3ccccc3F)CC2)C1=O. The van der Waals surface area contributed by atoms with Gasteiger partial charge in [-0.3, -0.25) is 14.5 Å². The number of imide groups is 1. The molecule has 0 aromatic heterocycles. The van der Waals surface area contributed by atoms with Crippen molar-refractivity contribution in [2.75, 3.05) is 37.6 Å². The molecule has 2 aromatic rings. The Morgan fingerprint density at radius 2 is 1.63 bits per heavy atom. The number of hydrogen-bond donors (Lipinski definition) is 1. The van der Waals surface area contributed by atoms with Crippen LogP contribution in [0.5, 0.6) is 0 Å². The van der Waals surface area contributed by atoms with E-state index >= 15 is 0 Å². The lowest BCUT2D eigenvalue weighted by molar-refractivity contribution is -0.139. The van der Waals surface area contributed by atoms with Crippen molar-refractivity contribution in [1.29, 1.82) is 0 Å². The van der Waals surface area contributed by atoms with Crippen molar-refractivity contribution in [2.24, 2.45) is 0 Å². The van der Waals surface area contributed by atoms with Crippen LogP contribution < -0.4 is 10.2 Å². The van der Waals surface area contributed by atoms with Gasteiger partial charge >= 0.3 is 6.03 Å². The molecule has 4 rings (SSSR count). The number of rotatable bonds is 4. The van der Waals surface area contributed by atoms with E-state index in [0.29, 0.717) is 37.4 Å². The molecule has 0 radical (unpaired) electrons. The van der Waals surface area contributed by atoms with Crippen molar-refractivity contribution >= 4 is 23.5 Å². The van der Waals surface area contributed by atoms with Gasteiger partial charge in [0.2, 0.25) is 5.91 Å². The molecule has 2 aliphatic rings. The Morgan fingerprint density at radius 3 is 2.30 bits per heavy atom. The number of benzene rings is 2. The van der Waals surface area contributed by atoms with E-state index in [1.54, 1.807) is 54.3 Å². The molecule has 0 bridgehead atoms. The smallest absolute Gasteiger partial charge is 0.325 e. The standard InChI is InChI=1S/C22H23FN4O3/c1-22(16-7-3-2-4-8-16)20(29)27(21(30)24-22)15-19(28)26-13-11-25(12-14-26)18-10-6-5-9-17(18)23/h2-10H,11-15H2,1H3,(H,24,30). The molecule has 7 nitrogen and oxygen atoms in total. The first-order valence-electron chi connectivity index (χ1n) is 9.87. The molecule has 2 aromatic carbocycles. The number of nitrogens with one attached hydrogen (secondary N) is 1. The summed E-state index contributed by atoms with van der Waals surface area (Å²) in [4.78, 5) is 42.6. The average molecular weight is 410 g/mol. The van der Waals surface area contributed by atoms with Gasteiger partial charge in [0.15, 0.2) is 0 Å². The number of carbonyl (C=O) groups is 3. The highest BCUT2D eigenvalue weighted by atomic mass is 19.1. The molecule has 0 spiro atoms. The minimum atomic E-state index is -1.19. The number of hydrogen-bond acceptors (Lipinski definition) is 4. The number of urea groups is 1. The van der Waals surface area contributed by atoms with Gasteiger partial charge in [0.25, 0.3) is 5.91 Å². The Labute approximate surface area is 174 Å². The third-order valence-electron chi connectivity index (χ3n) is 5.74. The van der Waals surface area contributed by atoms with Crippen LogP contribution in [0.4, 0.5) is 14.9 Å². The number of anilines is 1. The number of halogens is 1. The van der Waals surface area contributed by atoms with Gasteiger partial charge < -0.3 is 15.1 Å². The molecule has 1 atom stereocenters. The molecule has 0 saturated carbocycles. The molecule has 4 amide bonds. The van der Waals surface area contributed by atoms with Crippen LogP contribution in [0.15, 0.2) is 54.6 Å². The zero-order chi connectivity index (χ0) is 21.3. The third kappa shape index (κ3) is 3.49. The maximum absolute atomic E-state index is 14.0. The Morgan fingerprint density at radius 1 is 1.00 bits per heavy atom. The van der Waals surface area contributed by atoms with Crippen LogP contribution >= 0.6 is 0 Å². The largest absolute Gasteiger partial charge is 0.366 e. The lowest BCUT2D eigenvalue weighted by Crippen LogP contribution is -2.52. The van der Waals surface area contributed by atoms with Crippen LogP contribution in [0.25, 0.3) is 0 Å². The van der Waals surface area contributed by atoms with Crippen LogP contribution in [0, 0.1) is 5.82 Å². The monoisotopic (exact) mass is 410 g/mol. The van der Waals surface area contributed by atoms with E-state index in [0.717, 1.165) is 4.90 Å². The number of para-hydroxylation sites is 1. The van der Waals surface area contributed by atoms with Crippen LogP contribution in [-0.2, 0) is 15.1 Å². The summed E-state index contributed by atoms with van der Waals surface area (Å²) in [5.74, 6) is -1.04. The highest BCUT2D eigenvalue weighted by Crippen LogP contribution is 2.28. The van der Waals surface area contributed by atoms with Gasteiger partial charge in [0.05, 0.1) is 5.69 Å². The van der Waals surface area contributed by atoms with E-state index in [2.05, 4.69) is 5.32 Å². The van der Waals surface area contributed by atoms with Gasteiger partial charge in [-0.25, -0.2) is 9.18 Å². The summed E-state index contributed by atoms with van der Waals surface area (Å²) < 4.78 is 14.0. The summed E-state index contributed by atoms with van der Waals surface area (Å²) in [5, 5.41) is 2.71. The maximum Gasteiger partial charge on any atom is 0.325 e. The van der Waals surface area contributed by atoms with E-state index in [9.17, 15) is 18.8 Å². The van der Waals surface area contributed by atoms with E-state index in [-0.39, 0.29) is 18.3 Å². The molecule has 1 unspecified atom stereocenters. The van der Waals surface area contributed by atoms with E-state index in [1.165, 1.54) is 6.07 Å². The van der Waals surface area contributed by atoms with E-state index < -0.39 is 17.5 Å². The second-order valence-corrected chi connectivity index (χ2v) is 7.63. The first-order chi connectivity index (χ1) is 14.4. The number of carbonyl (C=O) groups excluding carboxylic acids is 3. The second kappa shape index (κ2) is 7.78. The molecule has 2 saturated heterocycles. The fraction of sp³-hybridized carbons (Fsp3) is 0.318. The lowest BCUT2D eigenvalue weighted by atomic mass is 9.92. The molecule has 156 valence electrons. The molecule has 1 N–H and O–H groups in total. The molecule has 30 heavy (non-hydrogen) atoms. The van der Waals surface area contributed by atoms with Gasteiger partial charge in [-0.05, 0) is 24.6 Å². The van der Waals surface area contributed by atoms with Crippen molar-refractivity contribution in [3.63, 3.8) is 0 Å². The minimum absolute atomic E-state index is 0.295. The average Bonchev–Trinajstić information content (AvgIpc) is 2.99. The first-order valence-corrected chi connectivity index (χ1v) is 9.87. The molecular formula is C22H23FN4O3. The fourth-order valence-electron chi connectivity index (χ4n) is 3.95. The fourth-order valence-corrected chi connectivity index (χ4v) is 3.95. The maximum atomic E-state index is 14.0. The third-order valence-corrected chi connectivity index (χ3v) is 5.74. The second-order valence-electron chi connectivity index (χ2n) is 7.63. The summed E-state index contributed by atoms with van der Waals surface area (Å²) >= 11 is 0. The number of amides is 4. The van der Waals surface area contributed by atoms with Crippen LogP contribution in [0.2, 0.25) is 0 Å². The summed E-state index contributed by atoms with van der Waals surface area (Å²) in [6, 6.07) is 14.9. The molecule has 8 heteroatoms. The highest BCUT2D eigenvalue weighted by molar-refractivity contribution is 6.09. The number of nitrogens with zero attached hydrogens (tertiary/aromatic N) is 3. The summed E-state index contributed by atoms with van der Waals surface area (Å²) in [6.45, 7) is 3.08. The quantitative estimate of drug-likeness (QED) is 0.782. The Hall–Kier alpha value is -3.42. The predicted octanol–water partition coefficient (Wildman–Crippen LogP) is 1.94. The summed E-state index contributed by atoms with van der Waals surface area (Å²) in [5.41, 5.74) is -0.0172. The van der Waals surface area contributed by atoms with Crippen molar-refractivity contribution in [2.45, 2.75) is 12.5 Å². The Balaban J connectivity index is 1.39. The summed E-state index contributed by atoms with van der Waals surface area (Å²) in [6.07, 6.45) is 0. The topological polar surface area (TPSA) is 73.0 Å². The van der Waals surface area contributed by atoms with Crippen molar-refractivity contribution in [3.05, 3.63) is 66.0 Å². The van der Waals surface area contributed by atoms with Crippen LogP contribution in [0.3, 0.4) is 0 Å². The number of piperazine rings is 1. The van der Waals surface area contributed by atoms with Crippen molar-refractivity contribution < 1.29 is 18.8 Å². The molecule has 2 heterocycles. The van der Waals surface area contributed by atoms with Crippen molar-refractivity contribution in [3.8, 4) is 0 Å². The van der Waals surface area contributed by atoms with Gasteiger partial charge in [0.1, 0.15) is 17.9 Å². The van der Waals surface area contributed by atoms with Gasteiger partial charge in [-0.1, -0.05) is 42.5 Å². The lowest BCUT2D eigenvalue weighted by Gasteiger charge is -2.36. The van der Waals surface area contributed by atoms with E-state index in [4.69, 9.17) is 0 Å². The molecular weight excluding hydrogens is 387 g/mol. The molecule has 2 fully saturated rings. The van der Waals surface area contributed by atoms with Gasteiger partial charge in [0, 0.05) is 26.2 Å². The zero-order valence-electron chi connectivity index (χ0n) is 16.7. The Bertz CT molecular complexity index is 975. The Kier molecular flexibility index (Phi) is 5.15. The van der Waals surface area contributed by atoms with Gasteiger partial charge in [-0.15, -0.1) is 0 Å². The van der Waals surface area contributed by atoms with E-state index in [1.807, 2.05) is 11.0 Å². The molecule has 2 aliphatic heterocycles. The minimum Gasteiger partial charge on any atom is -0.366 e. The highest BCUT2D eigenvalue weighted by Gasteiger charge is 2.49. The van der Waals surface area contributed by atoms with Gasteiger partial charge in [-0.2, -0.15) is 0 Å². The molecule has 0 aliphatic carbocycles. The zero-order valence-corrected chi connectivity index (χ0v) is 16.7.